The molecule has 0 aliphatic carbocycles. The van der Waals surface area contributed by atoms with Crippen LogP contribution in [0.25, 0.3) is 0 Å². The summed E-state index contributed by atoms with van der Waals surface area (Å²) in [7, 11) is 0. The summed E-state index contributed by atoms with van der Waals surface area (Å²) in [6.45, 7) is 2.63. The molecular weight excluding hydrogens is 201 g/mol. The van der Waals surface area contributed by atoms with E-state index >= 15 is 0 Å². The Hall–Kier alpha value is -0.810. The Morgan fingerprint density at radius 3 is 2.50 bits per heavy atom. The first-order valence-corrected chi connectivity index (χ1v) is 4.04. The van der Waals surface area contributed by atoms with E-state index in [4.69, 9.17) is 23.4 Å². The van der Waals surface area contributed by atoms with Gasteiger partial charge in [-0.2, -0.15) is 15.0 Å². The molecule has 0 bridgehead atoms. The lowest BCUT2D eigenvalue weighted by atomic mass is 10.7. The van der Waals surface area contributed by atoms with Crippen LogP contribution < -0.4 is 10.2 Å². The van der Waals surface area contributed by atoms with Crippen LogP contribution in [0.2, 0.25) is 5.28 Å². The second kappa shape index (κ2) is 4.27. The molecule has 0 spiro atoms. The highest BCUT2D eigenvalue weighted by Crippen LogP contribution is 2.09. The number of rotatable bonds is 3. The molecule has 0 aliphatic heterocycles. The minimum absolute atomic E-state index is 0.101. The molecule has 2 N–H and O–H groups in total. The topological polar surface area (TPSA) is 62.7 Å². The Labute approximate surface area is 79.6 Å². The smallest absolute Gasteiger partial charge is 0.243 e. The molecule has 0 saturated heterocycles. The summed E-state index contributed by atoms with van der Waals surface area (Å²) >= 11 is 10.8. The van der Waals surface area contributed by atoms with E-state index in [1.165, 1.54) is 0 Å². The van der Waals surface area contributed by atoms with Gasteiger partial charge in [0.15, 0.2) is 0 Å². The Morgan fingerprint density at radius 2 is 1.92 bits per heavy atom. The molecule has 5 nitrogen and oxygen atoms in total. The lowest BCUT2D eigenvalue weighted by Gasteiger charge is -2.02. The second-order valence-corrected chi connectivity index (χ2v) is 2.40. The minimum atomic E-state index is 0.101. The van der Waals surface area contributed by atoms with Gasteiger partial charge in [0.05, 0.1) is 0 Å². The molecule has 0 atom stereocenters. The van der Waals surface area contributed by atoms with Crippen LogP contribution >= 0.6 is 23.4 Å². The van der Waals surface area contributed by atoms with Gasteiger partial charge < -0.3 is 5.32 Å². The van der Waals surface area contributed by atoms with E-state index in [0.29, 0.717) is 12.5 Å². The van der Waals surface area contributed by atoms with Crippen molar-refractivity contribution in [2.45, 2.75) is 6.92 Å². The first-order valence-electron chi connectivity index (χ1n) is 3.28. The third-order valence-corrected chi connectivity index (χ3v) is 1.37. The molecule has 1 heterocycles. The van der Waals surface area contributed by atoms with Gasteiger partial charge in [-0.25, -0.2) is 0 Å². The van der Waals surface area contributed by atoms with Gasteiger partial charge in [0.25, 0.3) is 0 Å². The first kappa shape index (κ1) is 9.28. The van der Waals surface area contributed by atoms with E-state index in [9.17, 15) is 0 Å². The van der Waals surface area contributed by atoms with Crippen molar-refractivity contribution in [3.8, 4) is 0 Å². The summed E-state index contributed by atoms with van der Waals surface area (Å²) in [6.07, 6.45) is 0. The highest BCUT2D eigenvalue weighted by molar-refractivity contribution is 6.28. The molecule has 7 heteroatoms. The summed E-state index contributed by atoms with van der Waals surface area (Å²) in [4.78, 5) is 13.6. The van der Waals surface area contributed by atoms with Gasteiger partial charge in [-0.15, -0.1) is 0 Å². The van der Waals surface area contributed by atoms with Crippen LogP contribution in [0, 0.1) is 0 Å². The zero-order chi connectivity index (χ0) is 8.97. The fourth-order valence-electron chi connectivity index (χ4n) is 0.630. The average Bonchev–Trinajstić information content (AvgIpc) is 2.04. The van der Waals surface area contributed by atoms with Gasteiger partial charge in [0.1, 0.15) is 0 Å². The van der Waals surface area contributed by atoms with Crippen molar-refractivity contribution in [3.05, 3.63) is 5.28 Å². The second-order valence-electron chi connectivity index (χ2n) is 1.88. The highest BCUT2D eigenvalue weighted by atomic mass is 35.5. The van der Waals surface area contributed by atoms with E-state index in [1.807, 2.05) is 6.92 Å². The molecule has 1 rings (SSSR count). The Kier molecular flexibility index (Phi) is 3.31. The number of nitrogens with one attached hydrogen (secondary N) is 2. The molecule has 0 aromatic carbocycles. The van der Waals surface area contributed by atoms with Crippen molar-refractivity contribution in [1.29, 1.82) is 0 Å². The normalized spacial score (nSPS) is 9.58. The number of anilines is 2. The van der Waals surface area contributed by atoms with Crippen LogP contribution in [-0.4, -0.2) is 21.5 Å². The number of hydrogen-bond donors (Lipinski definition) is 2. The summed E-state index contributed by atoms with van der Waals surface area (Å²) in [5, 5.41) is 2.98. The number of halogens is 2. The average molecular weight is 208 g/mol. The monoisotopic (exact) mass is 207 g/mol. The van der Waals surface area contributed by atoms with Gasteiger partial charge in [0, 0.05) is 18.3 Å². The maximum atomic E-state index is 5.56. The van der Waals surface area contributed by atoms with Crippen molar-refractivity contribution in [1.82, 2.24) is 15.0 Å². The van der Waals surface area contributed by atoms with Crippen LogP contribution in [0.3, 0.4) is 0 Å². The molecule has 0 radical (unpaired) electrons. The van der Waals surface area contributed by atoms with Crippen LogP contribution in [-0.2, 0) is 0 Å². The Morgan fingerprint density at radius 1 is 1.25 bits per heavy atom. The molecule has 66 valence electrons. The maximum Gasteiger partial charge on any atom is 0.243 e. The summed E-state index contributed by atoms with van der Waals surface area (Å²) in [5.74, 6) is 0.633. The van der Waals surface area contributed by atoms with Gasteiger partial charge in [-0.05, 0) is 18.5 Å². The Balaban J connectivity index is 2.90. The molecular formula is C5H7Cl2N5. The van der Waals surface area contributed by atoms with Crippen molar-refractivity contribution in [2.75, 3.05) is 16.7 Å². The lowest BCUT2D eigenvalue weighted by Crippen LogP contribution is -2.04. The van der Waals surface area contributed by atoms with Crippen LogP contribution in [0.4, 0.5) is 11.9 Å². The molecule has 0 aliphatic rings. The molecule has 0 unspecified atom stereocenters. The molecule has 12 heavy (non-hydrogen) atoms. The zero-order valence-corrected chi connectivity index (χ0v) is 7.82. The lowest BCUT2D eigenvalue weighted by molar-refractivity contribution is 1.03. The van der Waals surface area contributed by atoms with E-state index in [-0.39, 0.29) is 11.2 Å². The van der Waals surface area contributed by atoms with Crippen LogP contribution in [0.15, 0.2) is 0 Å². The fraction of sp³-hybridized carbons (Fsp3) is 0.400. The maximum absolute atomic E-state index is 5.56. The third kappa shape index (κ3) is 2.35. The van der Waals surface area contributed by atoms with Crippen molar-refractivity contribution < 1.29 is 0 Å². The predicted molar refractivity (Wildman–Crippen MR) is 48.5 cm³/mol. The number of aromatic nitrogens is 3. The van der Waals surface area contributed by atoms with Crippen molar-refractivity contribution in [3.63, 3.8) is 0 Å². The van der Waals surface area contributed by atoms with Crippen molar-refractivity contribution >= 4 is 35.3 Å². The highest BCUT2D eigenvalue weighted by Gasteiger charge is 2.01. The van der Waals surface area contributed by atoms with E-state index in [2.05, 4.69) is 25.1 Å². The van der Waals surface area contributed by atoms with Gasteiger partial charge >= 0.3 is 0 Å². The molecule has 1 aromatic rings. The van der Waals surface area contributed by atoms with Crippen LogP contribution in [0.5, 0.6) is 0 Å². The SMILES string of the molecule is CCNc1nc(Cl)nc(NCl)n1. The van der Waals surface area contributed by atoms with E-state index in [0.717, 1.165) is 0 Å². The van der Waals surface area contributed by atoms with E-state index < -0.39 is 0 Å². The molecule has 0 saturated carbocycles. The van der Waals surface area contributed by atoms with Gasteiger partial charge in [-0.3, -0.25) is 4.84 Å². The molecule has 0 amide bonds. The Bertz CT molecular complexity index is 266. The summed E-state index contributed by atoms with van der Waals surface area (Å²) < 4.78 is 0. The number of nitrogens with zero attached hydrogens (tertiary/aromatic N) is 3. The standard InChI is InChI=1S/C5H7Cl2N5/c1-2-8-4-9-3(6)10-5(11-4)12-7/h2H2,1H3,(H2,8,9,10,11,12). The predicted octanol–water partition coefficient (Wildman–Crippen LogP) is 1.52. The first-order chi connectivity index (χ1) is 5.76. The summed E-state index contributed by atoms with van der Waals surface area (Å²) in [6, 6.07) is 0. The number of hydrogen-bond acceptors (Lipinski definition) is 5. The van der Waals surface area contributed by atoms with Crippen LogP contribution in [0.1, 0.15) is 6.92 Å². The summed E-state index contributed by atoms with van der Waals surface area (Å²) in [5.41, 5.74) is 0. The fourth-order valence-corrected chi connectivity index (χ4v) is 0.874. The van der Waals surface area contributed by atoms with Gasteiger partial charge in [0.2, 0.25) is 17.2 Å². The molecule has 1 aromatic heterocycles. The van der Waals surface area contributed by atoms with Gasteiger partial charge in [-0.1, -0.05) is 0 Å². The third-order valence-electron chi connectivity index (χ3n) is 1.03. The van der Waals surface area contributed by atoms with E-state index in [1.54, 1.807) is 0 Å². The molecule has 0 fully saturated rings. The minimum Gasteiger partial charge on any atom is -0.354 e. The van der Waals surface area contributed by atoms with Crippen molar-refractivity contribution in [2.24, 2.45) is 0 Å². The quantitative estimate of drug-likeness (QED) is 0.737. The zero-order valence-electron chi connectivity index (χ0n) is 6.30. The largest absolute Gasteiger partial charge is 0.354 e.